The van der Waals surface area contributed by atoms with Gasteiger partial charge in [-0.3, -0.25) is 9.78 Å². The summed E-state index contributed by atoms with van der Waals surface area (Å²) in [5, 5.41) is 0. The Kier molecular flexibility index (Phi) is 4.89. The Morgan fingerprint density at radius 1 is 1.24 bits per heavy atom. The van der Waals surface area contributed by atoms with Gasteiger partial charge in [0.2, 0.25) is 5.91 Å². The molecule has 1 aliphatic carbocycles. The molecule has 3 heterocycles. The Hall–Kier alpha value is -1.68. The molecule has 0 radical (unpaired) electrons. The highest BCUT2D eigenvalue weighted by Gasteiger charge is 2.44. The van der Waals surface area contributed by atoms with Crippen LogP contribution in [0, 0.1) is 11.3 Å². The molecule has 1 aromatic heterocycles. The Balaban J connectivity index is 1.30. The van der Waals surface area contributed by atoms with Gasteiger partial charge in [-0.1, -0.05) is 18.2 Å². The van der Waals surface area contributed by atoms with Gasteiger partial charge in [-0.05, 0) is 68.2 Å². The quantitative estimate of drug-likeness (QED) is 0.790. The van der Waals surface area contributed by atoms with Crippen LogP contribution in [-0.2, 0) is 11.3 Å². The summed E-state index contributed by atoms with van der Waals surface area (Å²) < 4.78 is 0. The van der Waals surface area contributed by atoms with Gasteiger partial charge >= 0.3 is 0 Å². The van der Waals surface area contributed by atoms with Crippen LogP contribution in [0.3, 0.4) is 0 Å². The number of pyridine rings is 1. The summed E-state index contributed by atoms with van der Waals surface area (Å²) in [7, 11) is 0. The highest BCUT2D eigenvalue weighted by Crippen LogP contribution is 2.41. The Morgan fingerprint density at radius 3 is 2.84 bits per heavy atom. The van der Waals surface area contributed by atoms with Crippen molar-refractivity contribution in [1.29, 1.82) is 0 Å². The second kappa shape index (κ2) is 7.28. The fourth-order valence-corrected chi connectivity index (χ4v) is 4.77. The lowest BCUT2D eigenvalue weighted by atomic mass is 9.77. The summed E-state index contributed by atoms with van der Waals surface area (Å²) in [5.41, 5.74) is 1.36. The van der Waals surface area contributed by atoms with Crippen LogP contribution in [0.2, 0.25) is 0 Å². The summed E-state index contributed by atoms with van der Waals surface area (Å²) in [6.07, 6.45) is 15.3. The van der Waals surface area contributed by atoms with Crippen LogP contribution in [0.15, 0.2) is 36.7 Å². The molecule has 134 valence electrons. The predicted octanol–water partition coefficient (Wildman–Crippen LogP) is 3.25. The highest BCUT2D eigenvalue weighted by molar-refractivity contribution is 5.79. The monoisotopic (exact) mass is 339 g/mol. The molecule has 1 atom stereocenters. The van der Waals surface area contributed by atoms with Crippen LogP contribution >= 0.6 is 0 Å². The molecule has 1 amide bonds. The molecule has 4 rings (SSSR count). The van der Waals surface area contributed by atoms with E-state index >= 15 is 0 Å². The zero-order valence-corrected chi connectivity index (χ0v) is 15.1. The Labute approximate surface area is 150 Å². The van der Waals surface area contributed by atoms with E-state index < -0.39 is 0 Å². The van der Waals surface area contributed by atoms with E-state index in [0.29, 0.717) is 12.5 Å². The number of amides is 1. The fourth-order valence-electron chi connectivity index (χ4n) is 4.77. The lowest BCUT2D eigenvalue weighted by Crippen LogP contribution is -2.43. The molecule has 3 aliphatic rings. The van der Waals surface area contributed by atoms with Crippen molar-refractivity contribution in [2.45, 2.75) is 45.1 Å². The average Bonchev–Trinajstić information content (AvgIpc) is 2.94. The van der Waals surface area contributed by atoms with Crippen molar-refractivity contribution < 1.29 is 4.79 Å². The zero-order valence-electron chi connectivity index (χ0n) is 15.1. The summed E-state index contributed by atoms with van der Waals surface area (Å²) in [6, 6.07) is 4.01. The summed E-state index contributed by atoms with van der Waals surface area (Å²) >= 11 is 0. The molecule has 0 saturated carbocycles. The van der Waals surface area contributed by atoms with E-state index in [0.717, 1.165) is 37.5 Å². The van der Waals surface area contributed by atoms with Crippen molar-refractivity contribution in [3.8, 4) is 0 Å². The normalized spacial score (nSPS) is 26.5. The maximum Gasteiger partial charge on any atom is 0.223 e. The lowest BCUT2D eigenvalue weighted by molar-refractivity contribution is -0.128. The lowest BCUT2D eigenvalue weighted by Gasteiger charge is -2.40. The van der Waals surface area contributed by atoms with Gasteiger partial charge < -0.3 is 9.80 Å². The minimum absolute atomic E-state index is 0.224. The number of rotatable bonds is 4. The molecule has 25 heavy (non-hydrogen) atoms. The molecular weight excluding hydrogens is 310 g/mol. The van der Waals surface area contributed by atoms with Gasteiger partial charge in [0.15, 0.2) is 0 Å². The third-order valence-electron chi connectivity index (χ3n) is 6.31. The molecule has 4 nitrogen and oxygen atoms in total. The predicted molar refractivity (Wildman–Crippen MR) is 98.9 cm³/mol. The van der Waals surface area contributed by atoms with Gasteiger partial charge in [-0.25, -0.2) is 0 Å². The van der Waals surface area contributed by atoms with E-state index in [-0.39, 0.29) is 5.41 Å². The second-order valence-corrected chi connectivity index (χ2v) is 8.24. The highest BCUT2D eigenvalue weighted by atomic mass is 16.2. The minimum Gasteiger partial charge on any atom is -0.338 e. The maximum absolute atomic E-state index is 12.5. The summed E-state index contributed by atoms with van der Waals surface area (Å²) in [5.74, 6) is 1.17. The number of hydrogen-bond donors (Lipinski definition) is 0. The number of aromatic nitrogens is 1. The zero-order chi connectivity index (χ0) is 17.1. The summed E-state index contributed by atoms with van der Waals surface area (Å²) in [4.78, 5) is 21.4. The molecule has 4 heteroatoms. The van der Waals surface area contributed by atoms with Gasteiger partial charge in [0.1, 0.15) is 0 Å². The van der Waals surface area contributed by atoms with Gasteiger partial charge in [0.25, 0.3) is 0 Å². The van der Waals surface area contributed by atoms with Crippen LogP contribution < -0.4 is 0 Å². The number of carbonyl (C=O) groups is 1. The largest absolute Gasteiger partial charge is 0.338 e. The van der Waals surface area contributed by atoms with Gasteiger partial charge in [-0.15, -0.1) is 0 Å². The number of carbonyl (C=O) groups excluding carboxylic acids is 1. The van der Waals surface area contributed by atoms with Crippen molar-refractivity contribution >= 4 is 5.91 Å². The molecule has 0 N–H and O–H groups in total. The molecular formula is C21H29N3O. The minimum atomic E-state index is 0.224. The van der Waals surface area contributed by atoms with E-state index in [1.807, 2.05) is 12.3 Å². The standard InChI is InChI=1S/C21H29N3O/c25-20-13-21(17-24(20)16-19-7-4-10-22-14-19)8-11-23(12-9-21)15-18-5-2-1-3-6-18/h1-2,4,7,10,14,18H,3,5-6,8-9,11-13,15-17H2/t18-/m0/s1. The third-order valence-corrected chi connectivity index (χ3v) is 6.31. The van der Waals surface area contributed by atoms with Gasteiger partial charge in [0, 0.05) is 38.4 Å². The first-order valence-electron chi connectivity index (χ1n) is 9.77. The second-order valence-electron chi connectivity index (χ2n) is 8.24. The number of hydrogen-bond acceptors (Lipinski definition) is 3. The molecule has 0 aromatic carbocycles. The maximum atomic E-state index is 12.5. The van der Waals surface area contributed by atoms with Crippen LogP contribution in [0.4, 0.5) is 0 Å². The number of piperidine rings is 1. The first kappa shape index (κ1) is 16.8. The first-order valence-corrected chi connectivity index (χ1v) is 9.77. The molecule has 2 aliphatic heterocycles. The molecule has 2 saturated heterocycles. The van der Waals surface area contributed by atoms with Crippen molar-refractivity contribution in [1.82, 2.24) is 14.8 Å². The number of nitrogens with zero attached hydrogens (tertiary/aromatic N) is 3. The van der Waals surface area contributed by atoms with Gasteiger partial charge in [-0.2, -0.15) is 0 Å². The van der Waals surface area contributed by atoms with E-state index in [4.69, 9.17) is 0 Å². The fraction of sp³-hybridized carbons (Fsp3) is 0.619. The molecule has 0 bridgehead atoms. The van der Waals surface area contributed by atoms with E-state index in [1.54, 1.807) is 6.20 Å². The van der Waals surface area contributed by atoms with E-state index in [9.17, 15) is 4.79 Å². The van der Waals surface area contributed by atoms with Crippen molar-refractivity contribution in [3.05, 3.63) is 42.2 Å². The van der Waals surface area contributed by atoms with Crippen LogP contribution in [0.5, 0.6) is 0 Å². The van der Waals surface area contributed by atoms with Crippen LogP contribution in [0.25, 0.3) is 0 Å². The summed E-state index contributed by atoms with van der Waals surface area (Å²) in [6.45, 7) is 5.21. The van der Waals surface area contributed by atoms with Crippen molar-refractivity contribution in [2.24, 2.45) is 11.3 Å². The number of likely N-dealkylation sites (tertiary alicyclic amines) is 2. The van der Waals surface area contributed by atoms with Crippen LogP contribution in [0.1, 0.15) is 44.1 Å². The molecule has 2 fully saturated rings. The van der Waals surface area contributed by atoms with Crippen molar-refractivity contribution in [2.75, 3.05) is 26.2 Å². The molecule has 1 spiro atoms. The Bertz CT molecular complexity index is 619. The first-order chi connectivity index (χ1) is 12.2. The third kappa shape index (κ3) is 3.95. The van der Waals surface area contributed by atoms with E-state index in [2.05, 4.69) is 33.0 Å². The van der Waals surface area contributed by atoms with Gasteiger partial charge in [0.05, 0.1) is 0 Å². The topological polar surface area (TPSA) is 36.4 Å². The average molecular weight is 339 g/mol. The van der Waals surface area contributed by atoms with Crippen LogP contribution in [-0.4, -0.2) is 46.9 Å². The van der Waals surface area contributed by atoms with Crippen molar-refractivity contribution in [3.63, 3.8) is 0 Å². The molecule has 0 unspecified atom stereocenters. The smallest absolute Gasteiger partial charge is 0.223 e. The SMILES string of the molecule is O=C1CC2(CCN(C[C@H]3CC=CCC3)CC2)CN1Cc1cccnc1. The number of allylic oxidation sites excluding steroid dienone is 2. The Morgan fingerprint density at radius 2 is 2.12 bits per heavy atom. The van der Waals surface area contributed by atoms with E-state index in [1.165, 1.54) is 38.6 Å². The molecule has 1 aromatic rings.